The Labute approximate surface area is 122 Å². The summed E-state index contributed by atoms with van der Waals surface area (Å²) in [6, 6.07) is 7.74. The molecule has 0 saturated carbocycles. The summed E-state index contributed by atoms with van der Waals surface area (Å²) in [5, 5.41) is 18.3. The van der Waals surface area contributed by atoms with Gasteiger partial charge in [0.2, 0.25) is 0 Å². The van der Waals surface area contributed by atoms with Crippen molar-refractivity contribution >= 4 is 21.6 Å². The third-order valence-electron chi connectivity index (χ3n) is 2.03. The molecule has 1 unspecified atom stereocenters. The minimum atomic E-state index is -1.01. The molecule has 0 heterocycles. The number of nitrogens with zero attached hydrogens (tertiary/aromatic N) is 2. The second-order valence-corrected chi connectivity index (χ2v) is 6.07. The largest absolute Gasteiger partial charge is 0.312 e. The molecular weight excluding hydrogens is 308 g/mol. The van der Waals surface area contributed by atoms with Gasteiger partial charge in [0.1, 0.15) is 12.7 Å². The first-order chi connectivity index (χ1) is 9.47. The fraction of sp³-hybridized carbons (Fsp3) is 0.400. The Bertz CT molecular complexity index is 456. The van der Waals surface area contributed by atoms with Gasteiger partial charge in [0.05, 0.1) is 0 Å². The molecule has 0 radical (unpaired) electrons. The minimum absolute atomic E-state index is 0.188. The SMILES string of the molecule is Cc1ccc(SSCC(CO[N+](=O)[O-])O[N+](=O)[O-])cc1. The maximum absolute atomic E-state index is 10.3. The van der Waals surface area contributed by atoms with Gasteiger partial charge in [-0.05, 0) is 19.1 Å². The zero-order valence-electron chi connectivity index (χ0n) is 10.5. The minimum Gasteiger partial charge on any atom is -0.312 e. The number of aryl methyl sites for hydroxylation is 1. The molecule has 0 amide bonds. The Balaban J connectivity index is 2.38. The van der Waals surface area contributed by atoms with Gasteiger partial charge in [-0.2, -0.15) is 0 Å². The van der Waals surface area contributed by atoms with Crippen molar-refractivity contribution in [3.63, 3.8) is 0 Å². The Morgan fingerprint density at radius 3 is 2.40 bits per heavy atom. The average molecular weight is 320 g/mol. The normalized spacial score (nSPS) is 11.7. The van der Waals surface area contributed by atoms with Gasteiger partial charge >= 0.3 is 0 Å². The highest BCUT2D eigenvalue weighted by atomic mass is 33.1. The van der Waals surface area contributed by atoms with E-state index in [1.165, 1.54) is 21.6 Å². The highest BCUT2D eigenvalue weighted by Crippen LogP contribution is 2.31. The van der Waals surface area contributed by atoms with E-state index in [1.807, 2.05) is 31.2 Å². The zero-order chi connectivity index (χ0) is 15.0. The van der Waals surface area contributed by atoms with E-state index < -0.39 is 22.9 Å². The molecule has 10 heteroatoms. The molecule has 20 heavy (non-hydrogen) atoms. The van der Waals surface area contributed by atoms with Crippen molar-refractivity contribution in [1.29, 1.82) is 0 Å². The Hall–Kier alpha value is -1.68. The van der Waals surface area contributed by atoms with Crippen molar-refractivity contribution in [3.05, 3.63) is 50.1 Å². The van der Waals surface area contributed by atoms with E-state index in [1.54, 1.807) is 0 Å². The van der Waals surface area contributed by atoms with E-state index in [0.717, 1.165) is 10.5 Å². The molecule has 1 rings (SSSR count). The number of hydrogen-bond acceptors (Lipinski definition) is 8. The number of rotatable bonds is 9. The summed E-state index contributed by atoms with van der Waals surface area (Å²) in [5.41, 5.74) is 1.13. The van der Waals surface area contributed by atoms with E-state index >= 15 is 0 Å². The van der Waals surface area contributed by atoms with E-state index in [2.05, 4.69) is 9.68 Å². The second-order valence-electron chi connectivity index (χ2n) is 3.65. The summed E-state index contributed by atoms with van der Waals surface area (Å²) in [5.74, 6) is 0.188. The second kappa shape index (κ2) is 8.48. The standard InChI is InChI=1S/C10H12N2O6S2/c1-8-2-4-10(5-3-8)20-19-7-9(18-12(15)16)6-17-11(13)14/h2-5,9H,6-7H2,1H3. The van der Waals surface area contributed by atoms with Gasteiger partial charge < -0.3 is 9.68 Å². The van der Waals surface area contributed by atoms with Crippen LogP contribution >= 0.6 is 21.6 Å². The topological polar surface area (TPSA) is 105 Å². The molecular formula is C10H12N2O6S2. The lowest BCUT2D eigenvalue weighted by atomic mass is 10.2. The highest BCUT2D eigenvalue weighted by Gasteiger charge is 2.16. The zero-order valence-corrected chi connectivity index (χ0v) is 12.1. The van der Waals surface area contributed by atoms with E-state index in [4.69, 9.17) is 0 Å². The maximum atomic E-state index is 10.3. The summed E-state index contributed by atoms with van der Waals surface area (Å²) < 4.78 is 0. The molecule has 1 aromatic carbocycles. The molecule has 0 N–H and O–H groups in total. The van der Waals surface area contributed by atoms with Crippen LogP contribution in [0.4, 0.5) is 0 Å². The summed E-state index contributed by atoms with van der Waals surface area (Å²) in [6.45, 7) is 1.49. The third kappa shape index (κ3) is 7.04. The fourth-order valence-electron chi connectivity index (χ4n) is 1.15. The monoisotopic (exact) mass is 320 g/mol. The van der Waals surface area contributed by atoms with E-state index in [-0.39, 0.29) is 5.75 Å². The summed E-state index contributed by atoms with van der Waals surface area (Å²) in [6.07, 6.45) is -0.988. The molecule has 0 aliphatic rings. The van der Waals surface area contributed by atoms with Crippen LogP contribution in [0, 0.1) is 27.2 Å². The van der Waals surface area contributed by atoms with Crippen LogP contribution in [0.25, 0.3) is 0 Å². The van der Waals surface area contributed by atoms with Crippen LogP contribution in [-0.2, 0) is 9.68 Å². The predicted octanol–water partition coefficient (Wildman–Crippen LogP) is 2.52. The van der Waals surface area contributed by atoms with Crippen molar-refractivity contribution in [2.24, 2.45) is 0 Å². The lowest BCUT2D eigenvalue weighted by Gasteiger charge is -2.12. The average Bonchev–Trinajstić information content (AvgIpc) is 2.37. The molecule has 0 aromatic heterocycles. The molecule has 0 aliphatic heterocycles. The molecule has 0 fully saturated rings. The van der Waals surface area contributed by atoms with Crippen LogP contribution < -0.4 is 0 Å². The summed E-state index contributed by atoms with van der Waals surface area (Å²) in [7, 11) is 2.71. The van der Waals surface area contributed by atoms with Gasteiger partial charge in [-0.3, -0.25) is 0 Å². The lowest BCUT2D eigenvalue weighted by Crippen LogP contribution is -2.26. The molecule has 0 saturated heterocycles. The van der Waals surface area contributed by atoms with Crippen molar-refractivity contribution in [1.82, 2.24) is 0 Å². The molecule has 110 valence electrons. The Morgan fingerprint density at radius 2 is 1.85 bits per heavy atom. The van der Waals surface area contributed by atoms with Gasteiger partial charge in [-0.15, -0.1) is 20.2 Å². The number of benzene rings is 1. The highest BCUT2D eigenvalue weighted by molar-refractivity contribution is 8.76. The van der Waals surface area contributed by atoms with Gasteiger partial charge in [-0.1, -0.05) is 39.3 Å². The third-order valence-corrected chi connectivity index (χ3v) is 4.46. The maximum Gasteiger partial charge on any atom is 0.294 e. The van der Waals surface area contributed by atoms with Crippen LogP contribution in [0.2, 0.25) is 0 Å². The summed E-state index contributed by atoms with van der Waals surface area (Å²) >= 11 is 0. The van der Waals surface area contributed by atoms with E-state index in [9.17, 15) is 20.2 Å². The van der Waals surface area contributed by atoms with Gasteiger partial charge in [-0.25, -0.2) is 0 Å². The van der Waals surface area contributed by atoms with Gasteiger partial charge in [0.25, 0.3) is 10.2 Å². The van der Waals surface area contributed by atoms with Gasteiger partial charge in [0, 0.05) is 10.6 Å². The molecule has 8 nitrogen and oxygen atoms in total. The first kappa shape index (κ1) is 16.4. The lowest BCUT2D eigenvalue weighted by molar-refractivity contribution is -0.788. The molecule has 0 spiro atoms. The van der Waals surface area contributed by atoms with Gasteiger partial charge in [0.15, 0.2) is 0 Å². The first-order valence-electron chi connectivity index (χ1n) is 5.42. The Kier molecular flexibility index (Phi) is 6.94. The van der Waals surface area contributed by atoms with Crippen LogP contribution in [0.15, 0.2) is 29.2 Å². The molecule has 1 aromatic rings. The molecule has 0 aliphatic carbocycles. The van der Waals surface area contributed by atoms with E-state index in [0.29, 0.717) is 0 Å². The number of hydrogen-bond donors (Lipinski definition) is 0. The van der Waals surface area contributed by atoms with Crippen molar-refractivity contribution in [2.75, 3.05) is 12.4 Å². The van der Waals surface area contributed by atoms with Crippen molar-refractivity contribution in [2.45, 2.75) is 17.9 Å². The van der Waals surface area contributed by atoms with Crippen molar-refractivity contribution < 1.29 is 19.8 Å². The predicted molar refractivity (Wildman–Crippen MR) is 74.3 cm³/mol. The Morgan fingerprint density at radius 1 is 1.20 bits per heavy atom. The summed E-state index contributed by atoms with van der Waals surface area (Å²) in [4.78, 5) is 29.7. The molecule has 1 atom stereocenters. The van der Waals surface area contributed by atoms with Crippen LogP contribution in [0.1, 0.15) is 5.56 Å². The van der Waals surface area contributed by atoms with Crippen molar-refractivity contribution in [3.8, 4) is 0 Å². The quantitative estimate of drug-likeness (QED) is 0.388. The first-order valence-corrected chi connectivity index (χ1v) is 7.74. The fourth-order valence-corrected chi connectivity index (χ4v) is 3.31. The van der Waals surface area contributed by atoms with Crippen LogP contribution in [0.3, 0.4) is 0 Å². The smallest absolute Gasteiger partial charge is 0.294 e. The van der Waals surface area contributed by atoms with Crippen LogP contribution in [0.5, 0.6) is 0 Å². The molecule has 0 bridgehead atoms. The van der Waals surface area contributed by atoms with Crippen LogP contribution in [-0.4, -0.2) is 28.6 Å².